The Labute approximate surface area is 449 Å². The van der Waals surface area contributed by atoms with E-state index in [1.807, 2.05) is 32.6 Å². The van der Waals surface area contributed by atoms with Crippen molar-refractivity contribution in [2.45, 2.75) is 124 Å². The Morgan fingerprint density at radius 2 is 1.60 bits per heavy atom. The number of nitrogens with one attached hydrogen (secondary N) is 3. The Balaban J connectivity index is 0.990. The maximum atomic E-state index is 13.8. The normalized spacial score (nSPS) is 14.6. The average Bonchev–Trinajstić information content (AvgIpc) is 3.61. The summed E-state index contributed by atoms with van der Waals surface area (Å²) in [5.41, 5.74) is 16.9. The first kappa shape index (κ1) is 58.2. The molecule has 0 saturated carbocycles. The highest BCUT2D eigenvalue weighted by atomic mass is 16.6. The molecule has 3 aliphatic rings. The Bertz CT molecular complexity index is 2760. The number of amidine groups is 1. The second kappa shape index (κ2) is 28.2. The number of urea groups is 1. The number of aliphatic imine (C=N–C) groups is 1. The van der Waals surface area contributed by atoms with Crippen LogP contribution in [0.25, 0.3) is 6.08 Å². The minimum atomic E-state index is -0.912. The molecule has 8 amide bonds. The molecule has 0 spiro atoms. The number of hydrogen-bond donors (Lipinski definition) is 5. The molecule has 1 unspecified atom stereocenters. The summed E-state index contributed by atoms with van der Waals surface area (Å²) < 4.78 is 5.70. The summed E-state index contributed by atoms with van der Waals surface area (Å²) >= 11 is 0. The van der Waals surface area contributed by atoms with Crippen molar-refractivity contribution < 1.29 is 47.9 Å². The Morgan fingerprint density at radius 1 is 0.883 bits per heavy atom. The molecule has 77 heavy (non-hydrogen) atoms. The number of amides is 8. The van der Waals surface area contributed by atoms with Gasteiger partial charge in [0, 0.05) is 105 Å². The van der Waals surface area contributed by atoms with Crippen LogP contribution in [0.3, 0.4) is 0 Å². The quantitative estimate of drug-likeness (QED) is 0.0421. The highest BCUT2D eigenvalue weighted by molar-refractivity contribution is 6.13. The van der Waals surface area contributed by atoms with Crippen LogP contribution in [0.1, 0.15) is 130 Å². The molecule has 7 N–H and O–H groups in total. The highest BCUT2D eigenvalue weighted by Gasteiger charge is 2.30. The number of pyridine rings is 1. The summed E-state index contributed by atoms with van der Waals surface area (Å²) in [6.45, 7) is 10.0. The van der Waals surface area contributed by atoms with Gasteiger partial charge in [0.25, 0.3) is 17.7 Å². The molecule has 0 radical (unpaired) electrons. The zero-order valence-corrected chi connectivity index (χ0v) is 44.6. The standard InChI is InChI=1S/C57H72N10O10/c1-5-23-65(24-6-2)55(74)41-28-39-17-18-40(30-48(39)63-50(58)31-41)53(72)62-43-29-42-34-66(26-21-46(42)61-33-43)57(76)77-35-38-15-13-37(14-16-38)27-49(69)47(12-10-22-60-56(59)75)64-54(73)45(36(3)4)32-44(68)11-8-7-9-25-67-51(70)19-20-52(67)71/h13-20,28-30,33,36,45,47H,5-12,21-27,31-32,34-35H2,1-4H3,(H2,58,63)(H,62,72)(H,64,73)(H3,59,60,75)/t45?,47-/m0/s1. The largest absolute Gasteiger partial charge is 0.445 e. The van der Waals surface area contributed by atoms with E-state index in [0.717, 1.165) is 29.0 Å². The minimum absolute atomic E-state index is 0.00957. The van der Waals surface area contributed by atoms with E-state index in [-0.39, 0.29) is 99.4 Å². The summed E-state index contributed by atoms with van der Waals surface area (Å²) in [7, 11) is 0. The number of hydrogen-bond acceptors (Lipinski definition) is 13. The molecular formula is C57H72N10O10. The van der Waals surface area contributed by atoms with Crippen LogP contribution in [0.15, 0.2) is 77.4 Å². The van der Waals surface area contributed by atoms with E-state index < -0.39 is 35.9 Å². The first-order valence-electron chi connectivity index (χ1n) is 26.6. The van der Waals surface area contributed by atoms with Gasteiger partial charge in [-0.1, -0.05) is 64.4 Å². The maximum absolute atomic E-state index is 13.8. The fourth-order valence-corrected chi connectivity index (χ4v) is 9.40. The van der Waals surface area contributed by atoms with Crippen molar-refractivity contribution in [2.75, 3.05) is 38.0 Å². The second-order valence-corrected chi connectivity index (χ2v) is 20.0. The molecule has 2 aromatic carbocycles. The predicted octanol–water partition coefficient (Wildman–Crippen LogP) is 6.21. The van der Waals surface area contributed by atoms with Gasteiger partial charge in [0.05, 0.1) is 30.2 Å². The lowest BCUT2D eigenvalue weighted by atomic mass is 9.88. The van der Waals surface area contributed by atoms with Crippen LogP contribution in [0.4, 0.5) is 21.0 Å². The van der Waals surface area contributed by atoms with Gasteiger partial charge in [-0.3, -0.25) is 43.4 Å². The number of rotatable bonds is 27. The van der Waals surface area contributed by atoms with Crippen molar-refractivity contribution in [3.63, 3.8) is 0 Å². The molecule has 6 rings (SSSR count). The molecule has 0 aliphatic carbocycles. The van der Waals surface area contributed by atoms with E-state index in [0.29, 0.717) is 90.9 Å². The molecule has 0 saturated heterocycles. The summed E-state index contributed by atoms with van der Waals surface area (Å²) in [6, 6.07) is 12.2. The first-order valence-corrected chi connectivity index (χ1v) is 26.6. The van der Waals surface area contributed by atoms with Crippen LogP contribution in [0.5, 0.6) is 0 Å². The summed E-state index contributed by atoms with van der Waals surface area (Å²) in [5, 5.41) is 8.29. The molecule has 1 aromatic heterocycles. The maximum Gasteiger partial charge on any atom is 0.410 e. The Kier molecular flexibility index (Phi) is 21.3. The van der Waals surface area contributed by atoms with Crippen LogP contribution >= 0.6 is 0 Å². The van der Waals surface area contributed by atoms with Crippen molar-refractivity contribution in [1.82, 2.24) is 30.3 Å². The van der Waals surface area contributed by atoms with E-state index in [9.17, 15) is 43.2 Å². The van der Waals surface area contributed by atoms with Gasteiger partial charge in [-0.2, -0.15) is 0 Å². The number of benzene rings is 2. The zero-order valence-electron chi connectivity index (χ0n) is 44.6. The smallest absolute Gasteiger partial charge is 0.410 e. The molecule has 2 atom stereocenters. The van der Waals surface area contributed by atoms with E-state index in [1.165, 1.54) is 12.2 Å². The number of Topliss-reactive ketones (excluding diaryl/α,β-unsaturated/α-hetero) is 2. The van der Waals surface area contributed by atoms with E-state index in [1.54, 1.807) is 65.7 Å². The summed E-state index contributed by atoms with van der Waals surface area (Å²) in [5.74, 6) is -2.58. The highest BCUT2D eigenvalue weighted by Crippen LogP contribution is 2.30. The number of nitrogens with zero attached hydrogens (tertiary/aromatic N) is 5. The fourth-order valence-electron chi connectivity index (χ4n) is 9.40. The van der Waals surface area contributed by atoms with Crippen molar-refractivity contribution in [2.24, 2.45) is 28.3 Å². The lowest BCUT2D eigenvalue weighted by Crippen LogP contribution is -2.46. The van der Waals surface area contributed by atoms with Gasteiger partial charge in [0.1, 0.15) is 18.2 Å². The number of carbonyl (C=O) groups is 9. The predicted molar refractivity (Wildman–Crippen MR) is 290 cm³/mol. The van der Waals surface area contributed by atoms with E-state index in [4.69, 9.17) is 16.2 Å². The van der Waals surface area contributed by atoms with Gasteiger partial charge < -0.3 is 42.0 Å². The molecule has 4 heterocycles. The third-order valence-electron chi connectivity index (χ3n) is 13.6. The molecule has 0 fully saturated rings. The fraction of sp³-hybridized carbons (Fsp3) is 0.456. The van der Waals surface area contributed by atoms with Crippen molar-refractivity contribution >= 4 is 76.5 Å². The van der Waals surface area contributed by atoms with E-state index >= 15 is 0 Å². The minimum Gasteiger partial charge on any atom is -0.445 e. The SMILES string of the molecule is CCCN(CCC)C(=O)C1=Cc2ccc(C(=O)Nc3cnc4c(c3)CN(C(=O)OCc3ccc(CC(=O)[C@H](CCCNC(N)=O)NC(=O)C(CC(=O)CCCCCN5C(=O)C=CC5=O)C(C)C)cc3)CC4)cc2N=C(N)C1. The van der Waals surface area contributed by atoms with Gasteiger partial charge in [0.15, 0.2) is 5.78 Å². The van der Waals surface area contributed by atoms with E-state index in [2.05, 4.69) is 25.9 Å². The van der Waals surface area contributed by atoms with Crippen molar-refractivity contribution in [3.05, 3.63) is 106 Å². The molecule has 3 aliphatic heterocycles. The molecule has 20 nitrogen and oxygen atoms in total. The Hall–Kier alpha value is -8.03. The summed E-state index contributed by atoms with van der Waals surface area (Å²) in [4.78, 5) is 129. The van der Waals surface area contributed by atoms with Crippen LogP contribution in [-0.4, -0.2) is 118 Å². The van der Waals surface area contributed by atoms with Gasteiger partial charge in [-0.15, -0.1) is 0 Å². The number of primary amides is 1. The number of unbranched alkanes of at least 4 members (excludes halogenated alkanes) is 2. The number of imide groups is 1. The van der Waals surface area contributed by atoms with Crippen molar-refractivity contribution in [3.8, 4) is 0 Å². The lowest BCUT2D eigenvalue weighted by Gasteiger charge is -2.28. The van der Waals surface area contributed by atoms with Crippen LogP contribution < -0.4 is 27.4 Å². The molecule has 410 valence electrons. The third-order valence-corrected chi connectivity index (χ3v) is 13.6. The third kappa shape index (κ3) is 17.0. The number of aromatic nitrogens is 1. The molecular weight excluding hydrogens is 985 g/mol. The van der Waals surface area contributed by atoms with Gasteiger partial charge in [0.2, 0.25) is 11.8 Å². The lowest BCUT2D eigenvalue weighted by molar-refractivity contribution is -0.137. The number of ether oxygens (including phenoxy) is 1. The molecule has 3 aromatic rings. The number of carbonyl (C=O) groups excluding carboxylic acids is 9. The number of fused-ring (bicyclic) bond motifs is 2. The monoisotopic (exact) mass is 1060 g/mol. The molecule has 0 bridgehead atoms. The van der Waals surface area contributed by atoms with Crippen LogP contribution in [-0.2, 0) is 59.5 Å². The first-order chi connectivity index (χ1) is 36.9. The summed E-state index contributed by atoms with van der Waals surface area (Å²) in [6.07, 6.45) is 10.1. The second-order valence-electron chi connectivity index (χ2n) is 20.0. The van der Waals surface area contributed by atoms with Gasteiger partial charge >= 0.3 is 12.1 Å². The van der Waals surface area contributed by atoms with Crippen LogP contribution in [0.2, 0.25) is 0 Å². The molecule has 20 heteroatoms. The zero-order chi connectivity index (χ0) is 55.6. The van der Waals surface area contributed by atoms with Crippen LogP contribution in [0, 0.1) is 11.8 Å². The van der Waals surface area contributed by atoms with Gasteiger partial charge in [-0.25, -0.2) is 14.6 Å². The average molecular weight is 1060 g/mol. The number of ketones is 2. The number of nitrogens with two attached hydrogens (primary N) is 2. The van der Waals surface area contributed by atoms with Crippen molar-refractivity contribution in [1.29, 1.82) is 0 Å². The Morgan fingerprint density at radius 3 is 2.29 bits per heavy atom. The topological polar surface area (TPSA) is 286 Å². The number of anilines is 1. The van der Waals surface area contributed by atoms with Gasteiger partial charge in [-0.05, 0) is 85.4 Å².